The molecule has 1 heterocycles. The summed E-state index contributed by atoms with van der Waals surface area (Å²) in [5, 5.41) is 2.76. The molecule has 1 amide bonds. The monoisotopic (exact) mass is 368 g/mol. The lowest BCUT2D eigenvalue weighted by molar-refractivity contribution is -0.115. The van der Waals surface area contributed by atoms with Crippen LogP contribution in [0.3, 0.4) is 0 Å². The average molecular weight is 370 g/mol. The van der Waals surface area contributed by atoms with E-state index in [4.69, 9.17) is 0 Å². The highest BCUT2D eigenvalue weighted by Crippen LogP contribution is 2.18. The second-order valence-electron chi connectivity index (χ2n) is 3.69. The molecule has 92 valence electrons. The largest absolute Gasteiger partial charge is 0.309 e. The van der Waals surface area contributed by atoms with Gasteiger partial charge in [-0.25, -0.2) is 4.98 Å². The van der Waals surface area contributed by atoms with Crippen LogP contribution in [0.25, 0.3) is 0 Å². The first-order chi connectivity index (χ1) is 8.65. The van der Waals surface area contributed by atoms with Crippen molar-refractivity contribution in [2.24, 2.45) is 0 Å². The molecule has 2 rings (SSSR count). The summed E-state index contributed by atoms with van der Waals surface area (Å²) < 4.78 is 1.77. The van der Waals surface area contributed by atoms with Crippen LogP contribution >= 0.6 is 31.9 Å². The van der Waals surface area contributed by atoms with Crippen LogP contribution in [0.1, 0.15) is 5.56 Å². The maximum absolute atomic E-state index is 11.8. The number of hydrogen-bond acceptors (Lipinski definition) is 2. The van der Waals surface area contributed by atoms with Gasteiger partial charge >= 0.3 is 0 Å². The quantitative estimate of drug-likeness (QED) is 0.894. The highest BCUT2D eigenvalue weighted by atomic mass is 79.9. The first-order valence-electron chi connectivity index (χ1n) is 5.30. The average Bonchev–Trinajstić information content (AvgIpc) is 2.35. The SMILES string of the molecule is O=C(Cc1ccc(Br)cc1)Nc1ncccc1Br. The van der Waals surface area contributed by atoms with Crippen LogP contribution in [0, 0.1) is 0 Å². The first-order valence-corrected chi connectivity index (χ1v) is 6.88. The lowest BCUT2D eigenvalue weighted by Crippen LogP contribution is -2.15. The molecule has 0 spiro atoms. The van der Waals surface area contributed by atoms with Gasteiger partial charge in [-0.15, -0.1) is 0 Å². The van der Waals surface area contributed by atoms with Gasteiger partial charge in [-0.1, -0.05) is 28.1 Å². The topological polar surface area (TPSA) is 42.0 Å². The van der Waals surface area contributed by atoms with Crippen molar-refractivity contribution in [2.45, 2.75) is 6.42 Å². The standard InChI is InChI=1S/C13H10Br2N2O/c14-10-5-3-9(4-6-10)8-12(18)17-13-11(15)2-1-7-16-13/h1-7H,8H2,(H,16,17,18). The molecular formula is C13H10Br2N2O. The lowest BCUT2D eigenvalue weighted by atomic mass is 10.1. The number of halogens is 2. The third-order valence-corrected chi connectivity index (χ3v) is 3.46. The van der Waals surface area contributed by atoms with Crippen molar-refractivity contribution in [2.75, 3.05) is 5.32 Å². The van der Waals surface area contributed by atoms with Crippen LogP contribution in [-0.4, -0.2) is 10.9 Å². The van der Waals surface area contributed by atoms with Crippen LogP contribution < -0.4 is 5.32 Å². The smallest absolute Gasteiger partial charge is 0.229 e. The fourth-order valence-electron chi connectivity index (χ4n) is 1.44. The summed E-state index contributed by atoms with van der Waals surface area (Å²) >= 11 is 6.69. The molecule has 5 heteroatoms. The molecule has 1 aromatic heterocycles. The number of benzene rings is 1. The zero-order valence-electron chi connectivity index (χ0n) is 9.36. The summed E-state index contributed by atoms with van der Waals surface area (Å²) in [6.45, 7) is 0. The van der Waals surface area contributed by atoms with E-state index in [1.165, 1.54) is 0 Å². The lowest BCUT2D eigenvalue weighted by Gasteiger charge is -2.06. The highest BCUT2D eigenvalue weighted by Gasteiger charge is 2.07. The van der Waals surface area contributed by atoms with E-state index in [1.807, 2.05) is 30.3 Å². The maximum Gasteiger partial charge on any atom is 0.229 e. The molecule has 0 radical (unpaired) electrons. The molecule has 1 aromatic carbocycles. The molecule has 0 unspecified atom stereocenters. The van der Waals surface area contributed by atoms with Gasteiger partial charge < -0.3 is 5.32 Å². The molecule has 0 aliphatic heterocycles. The molecule has 2 aromatic rings. The summed E-state index contributed by atoms with van der Waals surface area (Å²) in [4.78, 5) is 15.9. The van der Waals surface area contributed by atoms with Gasteiger partial charge in [-0.2, -0.15) is 0 Å². The van der Waals surface area contributed by atoms with E-state index >= 15 is 0 Å². The fourth-order valence-corrected chi connectivity index (χ4v) is 2.06. The predicted molar refractivity (Wildman–Crippen MR) is 78.4 cm³/mol. The third kappa shape index (κ3) is 3.65. The minimum absolute atomic E-state index is 0.0864. The number of nitrogens with one attached hydrogen (secondary N) is 1. The van der Waals surface area contributed by atoms with E-state index in [2.05, 4.69) is 42.2 Å². The minimum Gasteiger partial charge on any atom is -0.309 e. The predicted octanol–water partition coefficient (Wildman–Crippen LogP) is 3.79. The minimum atomic E-state index is -0.0864. The van der Waals surface area contributed by atoms with Gasteiger partial charge in [0, 0.05) is 10.7 Å². The summed E-state index contributed by atoms with van der Waals surface area (Å²) in [6.07, 6.45) is 1.97. The molecule has 0 saturated heterocycles. The Morgan fingerprint density at radius 2 is 1.89 bits per heavy atom. The summed E-state index contributed by atoms with van der Waals surface area (Å²) in [6, 6.07) is 11.3. The molecule has 0 aliphatic carbocycles. The summed E-state index contributed by atoms with van der Waals surface area (Å²) in [5.74, 6) is 0.455. The normalized spacial score (nSPS) is 10.1. The van der Waals surface area contributed by atoms with Crippen LogP contribution in [0.5, 0.6) is 0 Å². The maximum atomic E-state index is 11.8. The van der Waals surface area contributed by atoms with Crippen molar-refractivity contribution in [1.82, 2.24) is 4.98 Å². The van der Waals surface area contributed by atoms with E-state index in [1.54, 1.807) is 12.3 Å². The number of carbonyl (C=O) groups is 1. The Labute approximate surface area is 122 Å². The molecule has 3 nitrogen and oxygen atoms in total. The summed E-state index contributed by atoms with van der Waals surface area (Å²) in [7, 11) is 0. The second-order valence-corrected chi connectivity index (χ2v) is 5.46. The van der Waals surface area contributed by atoms with E-state index in [0.717, 1.165) is 14.5 Å². The summed E-state index contributed by atoms with van der Waals surface area (Å²) in [5.41, 5.74) is 0.961. The van der Waals surface area contributed by atoms with Crippen LogP contribution in [-0.2, 0) is 11.2 Å². The number of pyridine rings is 1. The van der Waals surface area contributed by atoms with Gasteiger partial charge in [0.1, 0.15) is 5.82 Å². The van der Waals surface area contributed by atoms with Gasteiger partial charge in [-0.3, -0.25) is 4.79 Å². The number of anilines is 1. The van der Waals surface area contributed by atoms with Crippen molar-refractivity contribution in [3.05, 3.63) is 57.1 Å². The van der Waals surface area contributed by atoms with Crippen molar-refractivity contribution in [1.29, 1.82) is 0 Å². The Morgan fingerprint density at radius 3 is 2.56 bits per heavy atom. The van der Waals surface area contributed by atoms with Crippen LogP contribution in [0.15, 0.2) is 51.5 Å². The third-order valence-electron chi connectivity index (χ3n) is 2.29. The van der Waals surface area contributed by atoms with Crippen molar-refractivity contribution < 1.29 is 4.79 Å². The first kappa shape index (κ1) is 13.2. The number of nitrogens with zero attached hydrogens (tertiary/aromatic N) is 1. The Bertz CT molecular complexity index is 555. The van der Waals surface area contributed by atoms with Gasteiger partial charge in [-0.05, 0) is 45.8 Å². The Hall–Kier alpha value is -1.20. The number of hydrogen-bond donors (Lipinski definition) is 1. The molecule has 0 saturated carbocycles. The van der Waals surface area contributed by atoms with Crippen LogP contribution in [0.4, 0.5) is 5.82 Å². The fraction of sp³-hybridized carbons (Fsp3) is 0.0769. The Morgan fingerprint density at radius 1 is 1.17 bits per heavy atom. The Balaban J connectivity index is 2.01. The van der Waals surface area contributed by atoms with E-state index in [0.29, 0.717) is 12.2 Å². The molecule has 1 N–H and O–H groups in total. The molecule has 0 atom stereocenters. The highest BCUT2D eigenvalue weighted by molar-refractivity contribution is 9.10. The molecule has 0 aliphatic rings. The van der Waals surface area contributed by atoms with Gasteiger partial charge in [0.2, 0.25) is 5.91 Å². The van der Waals surface area contributed by atoms with Gasteiger partial charge in [0.25, 0.3) is 0 Å². The molecule has 0 bridgehead atoms. The van der Waals surface area contributed by atoms with Crippen molar-refractivity contribution >= 4 is 43.6 Å². The zero-order valence-corrected chi connectivity index (χ0v) is 12.5. The molecule has 18 heavy (non-hydrogen) atoms. The van der Waals surface area contributed by atoms with E-state index < -0.39 is 0 Å². The number of amides is 1. The second kappa shape index (κ2) is 6.11. The van der Waals surface area contributed by atoms with Gasteiger partial charge in [0.05, 0.1) is 10.9 Å². The van der Waals surface area contributed by atoms with Crippen molar-refractivity contribution in [3.63, 3.8) is 0 Å². The number of carbonyl (C=O) groups excluding carboxylic acids is 1. The van der Waals surface area contributed by atoms with E-state index in [-0.39, 0.29) is 5.91 Å². The van der Waals surface area contributed by atoms with Crippen LogP contribution in [0.2, 0.25) is 0 Å². The van der Waals surface area contributed by atoms with Gasteiger partial charge in [0.15, 0.2) is 0 Å². The number of aromatic nitrogens is 1. The Kier molecular flexibility index (Phi) is 4.49. The number of rotatable bonds is 3. The zero-order chi connectivity index (χ0) is 13.0. The molecule has 0 fully saturated rings. The van der Waals surface area contributed by atoms with Crippen molar-refractivity contribution in [3.8, 4) is 0 Å². The van der Waals surface area contributed by atoms with E-state index in [9.17, 15) is 4.79 Å². The molecular weight excluding hydrogens is 360 g/mol.